The van der Waals surface area contributed by atoms with E-state index in [2.05, 4.69) is 38.6 Å². The highest BCUT2D eigenvalue weighted by Gasteiger charge is 2.13. The van der Waals surface area contributed by atoms with Crippen LogP contribution in [0, 0.1) is 13.8 Å². The number of hydrogen-bond acceptors (Lipinski definition) is 6. The van der Waals surface area contributed by atoms with Crippen molar-refractivity contribution in [2.24, 2.45) is 0 Å². The first-order valence-electron chi connectivity index (χ1n) is 10.2. The van der Waals surface area contributed by atoms with Crippen molar-refractivity contribution < 1.29 is 9.21 Å². The molecule has 4 rings (SSSR count). The van der Waals surface area contributed by atoms with Crippen molar-refractivity contribution in [3.8, 4) is 11.5 Å². The van der Waals surface area contributed by atoms with Gasteiger partial charge in [-0.1, -0.05) is 41.1 Å². The Morgan fingerprint density at radius 1 is 1.07 bits per heavy atom. The molecule has 6 nitrogen and oxygen atoms in total. The number of hydrogen-bond donors (Lipinski definition) is 1. The fourth-order valence-corrected chi connectivity index (χ4v) is 4.26. The summed E-state index contributed by atoms with van der Waals surface area (Å²) in [6.07, 6.45) is 2.58. The Labute approximate surface area is 181 Å². The number of nitrogens with zero attached hydrogens (tertiary/aromatic N) is 3. The van der Waals surface area contributed by atoms with Crippen molar-refractivity contribution in [1.29, 1.82) is 0 Å². The number of carbonyl (C=O) groups is 1. The summed E-state index contributed by atoms with van der Waals surface area (Å²) in [5.74, 6) is 0.584. The lowest BCUT2D eigenvalue weighted by molar-refractivity contribution is -0.113. The number of aryl methyl sites for hydroxylation is 2. The molecule has 3 aromatic rings. The van der Waals surface area contributed by atoms with Crippen LogP contribution < -0.4 is 5.32 Å². The van der Waals surface area contributed by atoms with Crippen LogP contribution in [0.15, 0.2) is 52.1 Å². The van der Waals surface area contributed by atoms with Crippen LogP contribution in [0.1, 0.15) is 29.5 Å². The summed E-state index contributed by atoms with van der Waals surface area (Å²) in [7, 11) is 0. The van der Waals surface area contributed by atoms with E-state index in [1.54, 1.807) is 0 Å². The lowest BCUT2D eigenvalue weighted by atomic mass is 10.1. The summed E-state index contributed by atoms with van der Waals surface area (Å²) in [4.78, 5) is 14.7. The zero-order valence-electron chi connectivity index (χ0n) is 17.4. The molecular formula is C23H26N4O2S. The molecule has 0 bridgehead atoms. The molecule has 1 saturated heterocycles. The van der Waals surface area contributed by atoms with Crippen LogP contribution >= 0.6 is 11.8 Å². The highest BCUT2D eigenvalue weighted by atomic mass is 32.2. The SMILES string of the molecule is Cc1cc(C)cc(-c2nnc(SCC(=O)Nc3ccc(CN4CCCC4)cc3)o2)c1. The van der Waals surface area contributed by atoms with E-state index in [1.807, 2.05) is 38.1 Å². The minimum Gasteiger partial charge on any atom is -0.411 e. The third-order valence-corrected chi connectivity index (χ3v) is 5.86. The Morgan fingerprint density at radius 3 is 2.47 bits per heavy atom. The van der Waals surface area contributed by atoms with Crippen molar-refractivity contribution >= 4 is 23.4 Å². The molecule has 30 heavy (non-hydrogen) atoms. The van der Waals surface area contributed by atoms with E-state index in [0.717, 1.165) is 28.9 Å². The van der Waals surface area contributed by atoms with Crippen molar-refractivity contribution in [3.05, 3.63) is 59.2 Å². The average molecular weight is 423 g/mol. The topological polar surface area (TPSA) is 71.3 Å². The van der Waals surface area contributed by atoms with Crippen LogP contribution in [0.3, 0.4) is 0 Å². The van der Waals surface area contributed by atoms with E-state index in [0.29, 0.717) is 11.1 Å². The number of likely N-dealkylation sites (tertiary alicyclic amines) is 1. The van der Waals surface area contributed by atoms with Crippen LogP contribution in [-0.2, 0) is 11.3 Å². The molecule has 1 aliphatic rings. The van der Waals surface area contributed by atoms with E-state index >= 15 is 0 Å². The molecule has 1 aromatic heterocycles. The molecule has 0 unspecified atom stereocenters. The third kappa shape index (κ3) is 5.49. The zero-order valence-corrected chi connectivity index (χ0v) is 18.2. The molecule has 0 spiro atoms. The summed E-state index contributed by atoms with van der Waals surface area (Å²) in [6.45, 7) is 7.40. The fourth-order valence-electron chi connectivity index (χ4n) is 3.70. The van der Waals surface area contributed by atoms with Crippen LogP contribution in [0.25, 0.3) is 11.5 Å². The molecule has 2 aromatic carbocycles. The number of thioether (sulfide) groups is 1. The Morgan fingerprint density at radius 2 is 1.77 bits per heavy atom. The van der Waals surface area contributed by atoms with Gasteiger partial charge < -0.3 is 9.73 Å². The van der Waals surface area contributed by atoms with Gasteiger partial charge in [0.15, 0.2) is 0 Å². The molecule has 1 aliphatic heterocycles. The van der Waals surface area contributed by atoms with Gasteiger partial charge in [-0.2, -0.15) is 0 Å². The predicted octanol–water partition coefficient (Wildman–Crippen LogP) is 4.68. The Kier molecular flexibility index (Phi) is 6.50. The molecule has 1 fully saturated rings. The van der Waals surface area contributed by atoms with E-state index in [4.69, 9.17) is 4.42 Å². The molecule has 0 atom stereocenters. The van der Waals surface area contributed by atoms with Gasteiger partial charge in [-0.3, -0.25) is 9.69 Å². The molecule has 1 amide bonds. The summed E-state index contributed by atoms with van der Waals surface area (Å²) in [5, 5.41) is 11.5. The normalized spacial score (nSPS) is 14.2. The van der Waals surface area contributed by atoms with E-state index in [9.17, 15) is 4.79 Å². The van der Waals surface area contributed by atoms with Crippen molar-refractivity contribution in [3.63, 3.8) is 0 Å². The monoisotopic (exact) mass is 422 g/mol. The lowest BCUT2D eigenvalue weighted by Gasteiger charge is -2.14. The summed E-state index contributed by atoms with van der Waals surface area (Å²) >= 11 is 1.24. The third-order valence-electron chi connectivity index (χ3n) is 5.04. The smallest absolute Gasteiger partial charge is 0.277 e. The molecular weight excluding hydrogens is 396 g/mol. The first-order valence-corrected chi connectivity index (χ1v) is 11.2. The van der Waals surface area contributed by atoms with E-state index in [1.165, 1.54) is 43.3 Å². The predicted molar refractivity (Wildman–Crippen MR) is 120 cm³/mol. The minimum atomic E-state index is -0.0987. The van der Waals surface area contributed by atoms with Gasteiger partial charge in [0.2, 0.25) is 11.8 Å². The van der Waals surface area contributed by atoms with Crippen LogP contribution in [0.4, 0.5) is 5.69 Å². The van der Waals surface area contributed by atoms with E-state index < -0.39 is 0 Å². The largest absolute Gasteiger partial charge is 0.411 e. The summed E-state index contributed by atoms with van der Waals surface area (Å²) < 4.78 is 5.72. The lowest BCUT2D eigenvalue weighted by Crippen LogP contribution is -2.18. The number of anilines is 1. The summed E-state index contributed by atoms with van der Waals surface area (Å²) in [5.41, 5.74) is 5.25. The number of nitrogens with one attached hydrogen (secondary N) is 1. The Hall–Kier alpha value is -2.64. The Bertz CT molecular complexity index is 990. The van der Waals surface area contributed by atoms with Gasteiger partial charge in [0, 0.05) is 17.8 Å². The first-order chi connectivity index (χ1) is 14.5. The number of benzene rings is 2. The molecule has 7 heteroatoms. The van der Waals surface area contributed by atoms with Crippen LogP contribution in [0.5, 0.6) is 0 Å². The van der Waals surface area contributed by atoms with Gasteiger partial charge in [0.05, 0.1) is 5.75 Å². The maximum atomic E-state index is 12.3. The minimum absolute atomic E-state index is 0.0987. The number of amides is 1. The maximum absolute atomic E-state index is 12.3. The van der Waals surface area contributed by atoms with Gasteiger partial charge in [0.1, 0.15) is 0 Å². The van der Waals surface area contributed by atoms with Crippen LogP contribution in [0.2, 0.25) is 0 Å². The fraction of sp³-hybridized carbons (Fsp3) is 0.348. The van der Waals surface area contributed by atoms with E-state index in [-0.39, 0.29) is 11.7 Å². The maximum Gasteiger partial charge on any atom is 0.277 e. The molecule has 0 aliphatic carbocycles. The van der Waals surface area contributed by atoms with Crippen LogP contribution in [-0.4, -0.2) is 39.8 Å². The van der Waals surface area contributed by atoms with Crippen molar-refractivity contribution in [2.45, 2.75) is 38.5 Å². The first kappa shape index (κ1) is 20.6. The highest BCUT2D eigenvalue weighted by molar-refractivity contribution is 7.99. The standard InChI is InChI=1S/C23H26N4O2S/c1-16-11-17(2)13-19(12-16)22-25-26-23(29-22)30-15-21(28)24-20-7-5-18(6-8-20)14-27-9-3-4-10-27/h5-8,11-13H,3-4,9-10,14-15H2,1-2H3,(H,24,28). The zero-order chi connectivity index (χ0) is 20.9. The average Bonchev–Trinajstić information content (AvgIpc) is 3.39. The van der Waals surface area contributed by atoms with Crippen molar-refractivity contribution in [1.82, 2.24) is 15.1 Å². The number of aromatic nitrogens is 2. The second-order valence-corrected chi connectivity index (χ2v) is 8.69. The Balaban J connectivity index is 1.28. The number of carbonyl (C=O) groups excluding carboxylic acids is 1. The molecule has 156 valence electrons. The second kappa shape index (κ2) is 9.45. The van der Waals surface area contributed by atoms with Gasteiger partial charge in [-0.05, 0) is 69.6 Å². The van der Waals surface area contributed by atoms with Crippen molar-refractivity contribution in [2.75, 3.05) is 24.2 Å². The van der Waals surface area contributed by atoms with Gasteiger partial charge >= 0.3 is 0 Å². The second-order valence-electron chi connectivity index (χ2n) is 7.77. The molecule has 0 radical (unpaired) electrons. The number of rotatable bonds is 7. The highest BCUT2D eigenvalue weighted by Crippen LogP contribution is 2.25. The summed E-state index contributed by atoms with van der Waals surface area (Å²) in [6, 6.07) is 14.2. The van der Waals surface area contributed by atoms with Gasteiger partial charge in [-0.25, -0.2) is 0 Å². The molecule has 2 heterocycles. The molecule has 0 saturated carbocycles. The van der Waals surface area contributed by atoms with Gasteiger partial charge in [0.25, 0.3) is 5.22 Å². The van der Waals surface area contributed by atoms with Gasteiger partial charge in [-0.15, -0.1) is 10.2 Å². The molecule has 1 N–H and O–H groups in total. The quantitative estimate of drug-likeness (QED) is 0.558.